The molecule has 1 aliphatic heterocycles. The highest BCUT2D eigenvalue weighted by Crippen LogP contribution is 2.22. The van der Waals surface area contributed by atoms with Gasteiger partial charge in [0.15, 0.2) is 9.84 Å². The van der Waals surface area contributed by atoms with Gasteiger partial charge in [0, 0.05) is 6.54 Å². The van der Waals surface area contributed by atoms with E-state index in [1.54, 1.807) is 18.2 Å². The molecule has 1 saturated heterocycles. The van der Waals surface area contributed by atoms with Crippen molar-refractivity contribution >= 4 is 38.9 Å². The number of hydrogen-bond acceptors (Lipinski definition) is 3. The molecule has 20 heavy (non-hydrogen) atoms. The maximum Gasteiger partial charge on any atom is 0.224 e. The van der Waals surface area contributed by atoms with E-state index in [2.05, 4.69) is 5.32 Å². The number of rotatable bonds is 4. The number of sulfone groups is 1. The van der Waals surface area contributed by atoms with Gasteiger partial charge in [-0.2, -0.15) is 0 Å². The summed E-state index contributed by atoms with van der Waals surface area (Å²) < 4.78 is 22.6. The van der Waals surface area contributed by atoms with Crippen LogP contribution in [0, 0.1) is 5.92 Å². The lowest BCUT2D eigenvalue weighted by atomic mass is 10.1. The van der Waals surface area contributed by atoms with E-state index in [0.29, 0.717) is 23.0 Å². The molecule has 0 radical (unpaired) electrons. The van der Waals surface area contributed by atoms with Gasteiger partial charge < -0.3 is 5.32 Å². The minimum absolute atomic E-state index is 0.0257. The Hall–Kier alpha value is -0.780. The molecule has 1 aliphatic rings. The first-order chi connectivity index (χ1) is 9.35. The van der Waals surface area contributed by atoms with Gasteiger partial charge in [-0.25, -0.2) is 8.42 Å². The number of hydrogen-bond donors (Lipinski definition) is 1. The molecule has 2 rings (SSSR count). The second kappa shape index (κ2) is 6.33. The molecule has 1 aromatic rings. The second-order valence-electron chi connectivity index (χ2n) is 5.00. The van der Waals surface area contributed by atoms with E-state index in [9.17, 15) is 13.2 Å². The van der Waals surface area contributed by atoms with Gasteiger partial charge in [0.05, 0.1) is 28.0 Å². The van der Waals surface area contributed by atoms with Crippen LogP contribution in [0.2, 0.25) is 10.0 Å². The van der Waals surface area contributed by atoms with Crippen LogP contribution in [0.5, 0.6) is 0 Å². The summed E-state index contributed by atoms with van der Waals surface area (Å²) in [6.45, 7) is 0.402. The first kappa shape index (κ1) is 15.6. The fraction of sp³-hybridized carbons (Fsp3) is 0.462. The molecule has 7 heteroatoms. The van der Waals surface area contributed by atoms with Gasteiger partial charge in [-0.05, 0) is 30.0 Å². The maximum absolute atomic E-state index is 11.8. The molecule has 1 unspecified atom stereocenters. The molecule has 1 atom stereocenters. The van der Waals surface area contributed by atoms with Crippen molar-refractivity contribution in [2.45, 2.75) is 12.8 Å². The van der Waals surface area contributed by atoms with E-state index in [1.165, 1.54) is 0 Å². The molecule has 0 aromatic heterocycles. The number of halogens is 2. The minimum atomic E-state index is -2.90. The summed E-state index contributed by atoms with van der Waals surface area (Å²) in [4.78, 5) is 11.8. The highest BCUT2D eigenvalue weighted by molar-refractivity contribution is 7.91. The van der Waals surface area contributed by atoms with Crippen molar-refractivity contribution in [1.82, 2.24) is 5.32 Å². The Labute approximate surface area is 128 Å². The summed E-state index contributed by atoms with van der Waals surface area (Å²) in [5.74, 6) is 0.269. The van der Waals surface area contributed by atoms with Crippen LogP contribution in [0.3, 0.4) is 0 Å². The first-order valence-corrected chi connectivity index (χ1v) is 8.84. The van der Waals surface area contributed by atoms with Gasteiger partial charge in [0.1, 0.15) is 0 Å². The molecule has 0 spiro atoms. The molecular formula is C13H15Cl2NO3S. The van der Waals surface area contributed by atoms with Crippen LogP contribution in [0.25, 0.3) is 0 Å². The number of nitrogens with one attached hydrogen (secondary N) is 1. The number of carbonyl (C=O) groups is 1. The fourth-order valence-electron chi connectivity index (χ4n) is 2.19. The Kier molecular flexibility index (Phi) is 4.94. The summed E-state index contributed by atoms with van der Waals surface area (Å²) in [5, 5.41) is 3.63. The summed E-state index contributed by atoms with van der Waals surface area (Å²) in [5.41, 5.74) is 0.774. The van der Waals surface area contributed by atoms with Gasteiger partial charge >= 0.3 is 0 Å². The number of benzene rings is 1. The quantitative estimate of drug-likeness (QED) is 0.916. The zero-order chi connectivity index (χ0) is 14.8. The summed E-state index contributed by atoms with van der Waals surface area (Å²) in [7, 11) is -2.90. The molecule has 1 amide bonds. The molecule has 0 aliphatic carbocycles. The standard InChI is InChI=1S/C13H15Cl2NO3S/c14-11-2-1-9(5-12(11)15)6-13(17)16-7-10-3-4-20(18,19)8-10/h1-2,5,10H,3-4,6-8H2,(H,16,17). The van der Waals surface area contributed by atoms with Crippen molar-refractivity contribution in [3.8, 4) is 0 Å². The van der Waals surface area contributed by atoms with Crippen molar-refractivity contribution in [1.29, 1.82) is 0 Å². The van der Waals surface area contributed by atoms with Gasteiger partial charge in [-0.15, -0.1) is 0 Å². The fourth-order valence-corrected chi connectivity index (χ4v) is 4.37. The molecule has 1 heterocycles. The zero-order valence-corrected chi connectivity index (χ0v) is 13.1. The topological polar surface area (TPSA) is 63.2 Å². The van der Waals surface area contributed by atoms with Crippen LogP contribution in [0.4, 0.5) is 0 Å². The third kappa shape index (κ3) is 4.36. The lowest BCUT2D eigenvalue weighted by Gasteiger charge is -2.10. The predicted octanol–water partition coefficient (Wildman–Crippen LogP) is 2.09. The maximum atomic E-state index is 11.8. The third-order valence-electron chi connectivity index (χ3n) is 3.26. The Balaban J connectivity index is 1.82. The average Bonchev–Trinajstić information content (AvgIpc) is 2.71. The van der Waals surface area contributed by atoms with Crippen LogP contribution in [0.1, 0.15) is 12.0 Å². The van der Waals surface area contributed by atoms with Crippen LogP contribution >= 0.6 is 23.2 Å². The van der Waals surface area contributed by atoms with E-state index in [4.69, 9.17) is 23.2 Å². The summed E-state index contributed by atoms with van der Waals surface area (Å²) >= 11 is 11.7. The second-order valence-corrected chi connectivity index (χ2v) is 8.04. The van der Waals surface area contributed by atoms with Crippen molar-refractivity contribution in [2.75, 3.05) is 18.1 Å². The van der Waals surface area contributed by atoms with Crippen molar-refractivity contribution in [3.63, 3.8) is 0 Å². The molecule has 1 fully saturated rings. The summed E-state index contributed by atoms with van der Waals surface area (Å²) in [6, 6.07) is 5.05. The van der Waals surface area contributed by atoms with Crippen molar-refractivity contribution in [3.05, 3.63) is 33.8 Å². The predicted molar refractivity (Wildman–Crippen MR) is 79.9 cm³/mol. The largest absolute Gasteiger partial charge is 0.356 e. The van der Waals surface area contributed by atoms with E-state index in [0.717, 1.165) is 5.56 Å². The summed E-state index contributed by atoms with van der Waals surface area (Å²) in [6.07, 6.45) is 0.825. The van der Waals surface area contributed by atoms with Crippen molar-refractivity contribution in [2.24, 2.45) is 5.92 Å². The van der Waals surface area contributed by atoms with E-state index < -0.39 is 9.84 Å². The SMILES string of the molecule is O=C(Cc1ccc(Cl)c(Cl)c1)NCC1CCS(=O)(=O)C1. The lowest BCUT2D eigenvalue weighted by Crippen LogP contribution is -2.31. The lowest BCUT2D eigenvalue weighted by molar-refractivity contribution is -0.120. The zero-order valence-electron chi connectivity index (χ0n) is 10.7. The highest BCUT2D eigenvalue weighted by Gasteiger charge is 2.27. The molecule has 4 nitrogen and oxygen atoms in total. The van der Waals surface area contributed by atoms with Gasteiger partial charge in [0.2, 0.25) is 5.91 Å². The molecular weight excluding hydrogens is 321 g/mol. The Morgan fingerprint density at radius 2 is 2.05 bits per heavy atom. The van der Waals surface area contributed by atoms with Crippen molar-refractivity contribution < 1.29 is 13.2 Å². The number of carbonyl (C=O) groups excluding carboxylic acids is 1. The van der Waals surface area contributed by atoms with Gasteiger partial charge in [-0.3, -0.25) is 4.79 Å². The minimum Gasteiger partial charge on any atom is -0.356 e. The first-order valence-electron chi connectivity index (χ1n) is 6.27. The van der Waals surface area contributed by atoms with Gasteiger partial charge in [0.25, 0.3) is 0 Å². The van der Waals surface area contributed by atoms with E-state index in [1.807, 2.05) is 0 Å². The molecule has 1 N–H and O–H groups in total. The van der Waals surface area contributed by atoms with Gasteiger partial charge in [-0.1, -0.05) is 29.3 Å². The third-order valence-corrected chi connectivity index (χ3v) is 5.84. The average molecular weight is 336 g/mol. The monoisotopic (exact) mass is 335 g/mol. The highest BCUT2D eigenvalue weighted by atomic mass is 35.5. The smallest absolute Gasteiger partial charge is 0.224 e. The molecule has 1 aromatic carbocycles. The Morgan fingerprint density at radius 3 is 2.65 bits per heavy atom. The van der Waals surface area contributed by atoms with E-state index in [-0.39, 0.29) is 29.8 Å². The Bertz CT molecular complexity index is 616. The van der Waals surface area contributed by atoms with Crippen LogP contribution in [0.15, 0.2) is 18.2 Å². The molecule has 0 saturated carbocycles. The molecule has 110 valence electrons. The Morgan fingerprint density at radius 1 is 1.30 bits per heavy atom. The normalized spacial score (nSPS) is 20.8. The molecule has 0 bridgehead atoms. The van der Waals surface area contributed by atoms with Crippen LogP contribution in [-0.4, -0.2) is 32.4 Å². The van der Waals surface area contributed by atoms with Crippen LogP contribution in [-0.2, 0) is 21.1 Å². The van der Waals surface area contributed by atoms with Crippen LogP contribution < -0.4 is 5.32 Å². The number of amides is 1. The van der Waals surface area contributed by atoms with E-state index >= 15 is 0 Å².